The molecule has 1 amide bonds. The second-order valence-electron chi connectivity index (χ2n) is 7.33. The van der Waals surface area contributed by atoms with Crippen LogP contribution in [-0.4, -0.2) is 56.2 Å². The summed E-state index contributed by atoms with van der Waals surface area (Å²) in [6.07, 6.45) is 2.34. The minimum Gasteiger partial charge on any atom is -0.381 e. The molecule has 0 N–H and O–H groups in total. The third kappa shape index (κ3) is 3.53. The van der Waals surface area contributed by atoms with Crippen molar-refractivity contribution in [1.29, 1.82) is 0 Å². The Morgan fingerprint density at radius 3 is 2.57 bits per heavy atom. The molecule has 1 spiro atoms. The molecule has 0 aromatic carbocycles. The van der Waals surface area contributed by atoms with Crippen LogP contribution in [0.3, 0.4) is 0 Å². The molecule has 0 aromatic rings. The molecule has 3 aliphatic rings. The van der Waals surface area contributed by atoms with Gasteiger partial charge in [0.1, 0.15) is 0 Å². The van der Waals surface area contributed by atoms with Crippen molar-refractivity contribution in [2.75, 3.05) is 39.5 Å². The number of hydrogen-bond acceptors (Lipinski definition) is 3. The number of halogens is 2. The topological polar surface area (TPSA) is 38.8 Å². The van der Waals surface area contributed by atoms with Gasteiger partial charge in [0.2, 0.25) is 11.8 Å². The molecule has 132 valence electrons. The van der Waals surface area contributed by atoms with Crippen LogP contribution in [0.5, 0.6) is 0 Å². The lowest BCUT2D eigenvalue weighted by Gasteiger charge is -2.50. The van der Waals surface area contributed by atoms with E-state index < -0.39 is 11.8 Å². The summed E-state index contributed by atoms with van der Waals surface area (Å²) in [5.41, 5.74) is 0.188. The second kappa shape index (κ2) is 6.63. The van der Waals surface area contributed by atoms with E-state index in [9.17, 15) is 13.6 Å². The molecule has 0 unspecified atom stereocenters. The Bertz CT molecular complexity index is 428. The number of carbonyl (C=O) groups is 1. The highest BCUT2D eigenvalue weighted by Crippen LogP contribution is 2.47. The molecule has 23 heavy (non-hydrogen) atoms. The largest absolute Gasteiger partial charge is 0.381 e. The summed E-state index contributed by atoms with van der Waals surface area (Å²) in [6.45, 7) is 6.26. The summed E-state index contributed by atoms with van der Waals surface area (Å²) in [6, 6.07) is 0. The smallest absolute Gasteiger partial charge is 0.249 e. The minimum absolute atomic E-state index is 0.0702. The van der Waals surface area contributed by atoms with E-state index in [1.54, 1.807) is 4.90 Å². The standard InChI is InChI=1S/C17H27F2NO3/c1-2-22-11-14-12-23-8-5-16(14)3-6-20(7-4-16)15(21)13-9-17(18,19)10-13/h13-14H,2-12H2,1H3/t14-/m1/s1. The van der Waals surface area contributed by atoms with E-state index in [2.05, 4.69) is 0 Å². The number of piperidine rings is 1. The molecular weight excluding hydrogens is 304 g/mol. The minimum atomic E-state index is -2.62. The van der Waals surface area contributed by atoms with E-state index >= 15 is 0 Å². The van der Waals surface area contributed by atoms with Gasteiger partial charge in [0.25, 0.3) is 0 Å². The number of likely N-dealkylation sites (tertiary alicyclic amines) is 1. The highest BCUT2D eigenvalue weighted by molar-refractivity contribution is 5.80. The van der Waals surface area contributed by atoms with Crippen molar-refractivity contribution in [2.45, 2.75) is 45.0 Å². The van der Waals surface area contributed by atoms with Crippen molar-refractivity contribution < 1.29 is 23.0 Å². The van der Waals surface area contributed by atoms with Crippen molar-refractivity contribution >= 4 is 5.91 Å². The second-order valence-corrected chi connectivity index (χ2v) is 7.33. The SMILES string of the molecule is CCOC[C@@H]1COCCC12CCN(C(=O)C1CC(F)(F)C1)CC2. The lowest BCUT2D eigenvalue weighted by molar-refractivity contribution is -0.164. The molecule has 0 bridgehead atoms. The molecule has 2 saturated heterocycles. The lowest BCUT2D eigenvalue weighted by Crippen LogP contribution is -2.53. The number of hydrogen-bond donors (Lipinski definition) is 0. The molecule has 1 saturated carbocycles. The van der Waals surface area contributed by atoms with Gasteiger partial charge in [0.15, 0.2) is 0 Å². The van der Waals surface area contributed by atoms with E-state index in [1.165, 1.54) is 0 Å². The predicted octanol–water partition coefficient (Wildman–Crippen LogP) is 2.71. The number of carbonyl (C=O) groups excluding carboxylic acids is 1. The molecule has 0 aromatic heterocycles. The first-order valence-corrected chi connectivity index (χ1v) is 8.78. The molecule has 3 fully saturated rings. The summed E-state index contributed by atoms with van der Waals surface area (Å²) in [5, 5.41) is 0. The van der Waals surface area contributed by atoms with Gasteiger partial charge in [-0.25, -0.2) is 8.78 Å². The quantitative estimate of drug-likeness (QED) is 0.795. The lowest BCUT2D eigenvalue weighted by atomic mass is 9.66. The highest BCUT2D eigenvalue weighted by Gasteiger charge is 2.51. The van der Waals surface area contributed by atoms with Crippen LogP contribution >= 0.6 is 0 Å². The third-order valence-electron chi connectivity index (χ3n) is 5.96. The van der Waals surface area contributed by atoms with Gasteiger partial charge in [-0.3, -0.25) is 4.79 Å². The number of amides is 1. The van der Waals surface area contributed by atoms with Crippen molar-refractivity contribution in [1.82, 2.24) is 4.90 Å². The Morgan fingerprint density at radius 1 is 1.26 bits per heavy atom. The Morgan fingerprint density at radius 2 is 1.96 bits per heavy atom. The highest BCUT2D eigenvalue weighted by atomic mass is 19.3. The first-order valence-electron chi connectivity index (χ1n) is 8.78. The zero-order valence-electron chi connectivity index (χ0n) is 13.9. The van der Waals surface area contributed by atoms with Crippen LogP contribution in [-0.2, 0) is 14.3 Å². The van der Waals surface area contributed by atoms with E-state index in [0.717, 1.165) is 32.5 Å². The van der Waals surface area contributed by atoms with Gasteiger partial charge in [-0.15, -0.1) is 0 Å². The molecule has 4 nitrogen and oxygen atoms in total. The Balaban J connectivity index is 1.55. The van der Waals surface area contributed by atoms with Crippen molar-refractivity contribution in [3.8, 4) is 0 Å². The summed E-state index contributed by atoms with van der Waals surface area (Å²) < 4.78 is 37.2. The molecule has 3 rings (SSSR count). The maximum absolute atomic E-state index is 13.0. The zero-order valence-corrected chi connectivity index (χ0v) is 13.9. The molecule has 1 atom stereocenters. The first kappa shape index (κ1) is 17.1. The van der Waals surface area contributed by atoms with Gasteiger partial charge in [0.05, 0.1) is 13.2 Å². The maximum Gasteiger partial charge on any atom is 0.249 e. The molecule has 6 heteroatoms. The molecule has 2 aliphatic heterocycles. The fourth-order valence-corrected chi connectivity index (χ4v) is 4.29. The van der Waals surface area contributed by atoms with Gasteiger partial charge in [-0.1, -0.05) is 0 Å². The van der Waals surface area contributed by atoms with Crippen LogP contribution in [0, 0.1) is 17.3 Å². The van der Waals surface area contributed by atoms with Gasteiger partial charge in [-0.05, 0) is 31.6 Å². The fourth-order valence-electron chi connectivity index (χ4n) is 4.29. The van der Waals surface area contributed by atoms with E-state index in [0.29, 0.717) is 32.2 Å². The summed E-state index contributed by atoms with van der Waals surface area (Å²) in [4.78, 5) is 14.1. The third-order valence-corrected chi connectivity index (χ3v) is 5.96. The van der Waals surface area contributed by atoms with Gasteiger partial charge < -0.3 is 14.4 Å². The molecule has 2 heterocycles. The Labute approximate surface area is 136 Å². The summed E-state index contributed by atoms with van der Waals surface area (Å²) >= 11 is 0. The zero-order chi connectivity index (χ0) is 16.5. The van der Waals surface area contributed by atoms with Crippen LogP contribution in [0.25, 0.3) is 0 Å². The maximum atomic E-state index is 13.0. The van der Waals surface area contributed by atoms with Gasteiger partial charge in [0, 0.05) is 51.0 Å². The number of rotatable bonds is 4. The summed E-state index contributed by atoms with van der Waals surface area (Å²) in [5.74, 6) is -2.78. The fraction of sp³-hybridized carbons (Fsp3) is 0.941. The van der Waals surface area contributed by atoms with Gasteiger partial charge in [-0.2, -0.15) is 0 Å². The van der Waals surface area contributed by atoms with E-state index in [1.807, 2.05) is 6.92 Å². The van der Waals surface area contributed by atoms with E-state index in [4.69, 9.17) is 9.47 Å². The van der Waals surface area contributed by atoms with Crippen LogP contribution in [0.2, 0.25) is 0 Å². The van der Waals surface area contributed by atoms with Gasteiger partial charge >= 0.3 is 0 Å². The van der Waals surface area contributed by atoms with Crippen LogP contribution in [0.15, 0.2) is 0 Å². The monoisotopic (exact) mass is 331 g/mol. The number of ether oxygens (including phenoxy) is 2. The summed E-state index contributed by atoms with van der Waals surface area (Å²) in [7, 11) is 0. The van der Waals surface area contributed by atoms with Crippen molar-refractivity contribution in [3.63, 3.8) is 0 Å². The van der Waals surface area contributed by atoms with Crippen LogP contribution < -0.4 is 0 Å². The molecule has 0 radical (unpaired) electrons. The molecular formula is C17H27F2NO3. The molecule has 1 aliphatic carbocycles. The van der Waals surface area contributed by atoms with Crippen molar-refractivity contribution in [2.24, 2.45) is 17.3 Å². The average Bonchev–Trinajstić information content (AvgIpc) is 2.52. The number of alkyl halides is 2. The van der Waals surface area contributed by atoms with Crippen LogP contribution in [0.1, 0.15) is 39.0 Å². The Hall–Kier alpha value is -0.750. The number of nitrogens with zero attached hydrogens (tertiary/aromatic N) is 1. The van der Waals surface area contributed by atoms with Crippen LogP contribution in [0.4, 0.5) is 8.78 Å². The van der Waals surface area contributed by atoms with Crippen molar-refractivity contribution in [3.05, 3.63) is 0 Å². The van der Waals surface area contributed by atoms with E-state index in [-0.39, 0.29) is 24.2 Å². The first-order chi connectivity index (χ1) is 11.0. The Kier molecular flexibility index (Phi) is 4.93. The normalized spacial score (nSPS) is 30.2. The average molecular weight is 331 g/mol. The predicted molar refractivity (Wildman–Crippen MR) is 81.3 cm³/mol.